The molecular weight excluding hydrogens is 318 g/mol. The normalized spacial score (nSPS) is 10.9. The smallest absolute Gasteiger partial charge is 0.215 e. The second-order valence-corrected chi connectivity index (χ2v) is 5.38. The van der Waals surface area contributed by atoms with Gasteiger partial charge in [0.25, 0.3) is 0 Å². The molecule has 0 radical (unpaired) electrons. The third-order valence-electron chi connectivity index (χ3n) is 2.99. The van der Waals surface area contributed by atoms with Gasteiger partial charge in [0.1, 0.15) is 5.82 Å². The average molecular weight is 332 g/mol. The highest BCUT2D eigenvalue weighted by Gasteiger charge is 2.10. The van der Waals surface area contributed by atoms with E-state index in [-0.39, 0.29) is 0 Å². The van der Waals surface area contributed by atoms with E-state index in [1.807, 2.05) is 25.1 Å². The van der Waals surface area contributed by atoms with Gasteiger partial charge in [-0.25, -0.2) is 4.98 Å². The van der Waals surface area contributed by atoms with Gasteiger partial charge in [0.15, 0.2) is 5.65 Å². The molecule has 0 aliphatic heterocycles. The highest BCUT2D eigenvalue weighted by atomic mass is 79.9. The number of hydrogen-bond donors (Lipinski definition) is 1. The molecule has 0 saturated carbocycles. The fourth-order valence-electron chi connectivity index (χ4n) is 2.04. The number of nitrogens with zero attached hydrogens (tertiary/aromatic N) is 2. The number of pyridine rings is 1. The number of nitrogens with one attached hydrogen (secondary N) is 1. The molecule has 0 fully saturated rings. The van der Waals surface area contributed by atoms with Crippen molar-refractivity contribution in [2.75, 3.05) is 6.61 Å². The summed E-state index contributed by atoms with van der Waals surface area (Å²) in [6, 6.07) is 9.96. The first-order chi connectivity index (χ1) is 9.67. The van der Waals surface area contributed by atoms with E-state index in [0.717, 1.165) is 21.4 Å². The Morgan fingerprint density at radius 1 is 1.20 bits per heavy atom. The minimum Gasteiger partial charge on any atom is -0.478 e. The molecule has 0 aliphatic carbocycles. The fourth-order valence-corrected chi connectivity index (χ4v) is 2.72. The van der Waals surface area contributed by atoms with Crippen LogP contribution in [-0.4, -0.2) is 21.6 Å². The topological polar surface area (TPSA) is 50.8 Å². The fraction of sp³-hybridized carbons (Fsp3) is 0.200. The second-order valence-electron chi connectivity index (χ2n) is 4.52. The molecule has 0 aliphatic rings. The van der Waals surface area contributed by atoms with Gasteiger partial charge in [0, 0.05) is 16.1 Å². The van der Waals surface area contributed by atoms with Crippen molar-refractivity contribution < 1.29 is 4.74 Å². The van der Waals surface area contributed by atoms with Crippen LogP contribution in [-0.2, 0) is 0 Å². The van der Waals surface area contributed by atoms with Crippen molar-refractivity contribution in [3.8, 4) is 17.3 Å². The standard InChI is InChI=1S/C15H14BrN3O/c1-3-20-13-7-6-12-15(18-13)19-14(17-12)10-5-4-9(2)8-11(10)16/h4-8H,3H2,1-2H3,(H,17,18,19). The van der Waals surface area contributed by atoms with Crippen LogP contribution < -0.4 is 4.74 Å². The highest BCUT2D eigenvalue weighted by Crippen LogP contribution is 2.28. The predicted octanol–water partition coefficient (Wildman–Crippen LogP) is 4.09. The summed E-state index contributed by atoms with van der Waals surface area (Å²) in [6.45, 7) is 4.59. The first-order valence-electron chi connectivity index (χ1n) is 6.43. The second kappa shape index (κ2) is 5.25. The van der Waals surface area contributed by atoms with E-state index >= 15 is 0 Å². The van der Waals surface area contributed by atoms with Gasteiger partial charge in [0.05, 0.1) is 12.1 Å². The molecular formula is C15H14BrN3O. The molecule has 1 N–H and O–H groups in total. The summed E-state index contributed by atoms with van der Waals surface area (Å²) in [4.78, 5) is 12.2. The maximum atomic E-state index is 5.39. The molecule has 0 bridgehead atoms. The molecule has 3 aromatic rings. The summed E-state index contributed by atoms with van der Waals surface area (Å²) in [5, 5.41) is 0. The van der Waals surface area contributed by atoms with Crippen LogP contribution >= 0.6 is 15.9 Å². The molecule has 0 spiro atoms. The maximum absolute atomic E-state index is 5.39. The Balaban J connectivity index is 2.08. The van der Waals surface area contributed by atoms with Crippen LogP contribution in [0.5, 0.6) is 5.88 Å². The summed E-state index contributed by atoms with van der Waals surface area (Å²) in [6.07, 6.45) is 0. The van der Waals surface area contributed by atoms with Crippen LogP contribution in [0.15, 0.2) is 34.8 Å². The van der Waals surface area contributed by atoms with E-state index in [0.29, 0.717) is 18.1 Å². The Hall–Kier alpha value is -1.88. The first kappa shape index (κ1) is 13.1. The van der Waals surface area contributed by atoms with Crippen molar-refractivity contribution >= 4 is 27.1 Å². The Morgan fingerprint density at radius 3 is 2.80 bits per heavy atom. The van der Waals surface area contributed by atoms with Crippen molar-refractivity contribution in [3.63, 3.8) is 0 Å². The van der Waals surface area contributed by atoms with E-state index in [1.54, 1.807) is 0 Å². The number of rotatable bonds is 3. The number of imidazole rings is 1. The van der Waals surface area contributed by atoms with Crippen molar-refractivity contribution in [1.29, 1.82) is 0 Å². The third kappa shape index (κ3) is 2.41. The molecule has 3 rings (SSSR count). The van der Waals surface area contributed by atoms with Crippen LogP contribution in [0.2, 0.25) is 0 Å². The van der Waals surface area contributed by atoms with Crippen molar-refractivity contribution in [3.05, 3.63) is 40.4 Å². The van der Waals surface area contributed by atoms with E-state index < -0.39 is 0 Å². The Kier molecular flexibility index (Phi) is 3.44. The number of ether oxygens (including phenoxy) is 1. The van der Waals surface area contributed by atoms with Gasteiger partial charge in [-0.15, -0.1) is 0 Å². The van der Waals surface area contributed by atoms with Crippen LogP contribution in [0, 0.1) is 6.92 Å². The molecule has 2 aromatic heterocycles. The molecule has 0 saturated heterocycles. The molecule has 0 atom stereocenters. The zero-order valence-electron chi connectivity index (χ0n) is 11.3. The Bertz CT molecular complexity index is 767. The molecule has 102 valence electrons. The quantitative estimate of drug-likeness (QED) is 0.786. The first-order valence-corrected chi connectivity index (χ1v) is 7.23. The molecule has 0 unspecified atom stereocenters. The Morgan fingerprint density at radius 2 is 2.05 bits per heavy atom. The summed E-state index contributed by atoms with van der Waals surface area (Å²) in [5.74, 6) is 1.40. The molecule has 20 heavy (non-hydrogen) atoms. The summed E-state index contributed by atoms with van der Waals surface area (Å²) >= 11 is 3.58. The number of halogens is 1. The van der Waals surface area contributed by atoms with Gasteiger partial charge in [-0.3, -0.25) is 0 Å². The molecule has 5 heteroatoms. The summed E-state index contributed by atoms with van der Waals surface area (Å²) < 4.78 is 6.41. The number of hydrogen-bond acceptors (Lipinski definition) is 3. The largest absolute Gasteiger partial charge is 0.478 e. The van der Waals surface area contributed by atoms with E-state index in [1.165, 1.54) is 5.56 Å². The number of aryl methyl sites for hydroxylation is 1. The van der Waals surface area contributed by atoms with Gasteiger partial charge >= 0.3 is 0 Å². The van der Waals surface area contributed by atoms with E-state index in [9.17, 15) is 0 Å². The van der Waals surface area contributed by atoms with E-state index in [2.05, 4.69) is 49.9 Å². The number of fused-ring (bicyclic) bond motifs is 1. The van der Waals surface area contributed by atoms with Crippen LogP contribution in [0.1, 0.15) is 12.5 Å². The highest BCUT2D eigenvalue weighted by molar-refractivity contribution is 9.10. The van der Waals surface area contributed by atoms with Crippen LogP contribution in [0.3, 0.4) is 0 Å². The molecule has 1 aromatic carbocycles. The van der Waals surface area contributed by atoms with Crippen molar-refractivity contribution in [2.45, 2.75) is 13.8 Å². The number of aromatic nitrogens is 3. The minimum absolute atomic E-state index is 0.597. The van der Waals surface area contributed by atoms with Crippen LogP contribution in [0.25, 0.3) is 22.6 Å². The summed E-state index contributed by atoms with van der Waals surface area (Å²) in [5.41, 5.74) is 3.79. The van der Waals surface area contributed by atoms with Gasteiger partial charge < -0.3 is 9.72 Å². The monoisotopic (exact) mass is 331 g/mol. The van der Waals surface area contributed by atoms with Gasteiger partial charge in [-0.05, 0) is 37.6 Å². The van der Waals surface area contributed by atoms with Crippen molar-refractivity contribution in [1.82, 2.24) is 15.0 Å². The molecule has 0 amide bonds. The lowest BCUT2D eigenvalue weighted by molar-refractivity contribution is 0.328. The van der Waals surface area contributed by atoms with Gasteiger partial charge in [-0.1, -0.05) is 22.0 Å². The number of H-pyrrole nitrogens is 1. The number of aromatic amines is 1. The van der Waals surface area contributed by atoms with Crippen molar-refractivity contribution in [2.24, 2.45) is 0 Å². The van der Waals surface area contributed by atoms with Gasteiger partial charge in [-0.2, -0.15) is 4.98 Å². The summed E-state index contributed by atoms with van der Waals surface area (Å²) in [7, 11) is 0. The zero-order valence-corrected chi connectivity index (χ0v) is 12.9. The van der Waals surface area contributed by atoms with E-state index in [4.69, 9.17) is 4.74 Å². The predicted molar refractivity (Wildman–Crippen MR) is 82.9 cm³/mol. The lowest BCUT2D eigenvalue weighted by Gasteiger charge is -2.01. The lowest BCUT2D eigenvalue weighted by atomic mass is 10.1. The maximum Gasteiger partial charge on any atom is 0.215 e. The van der Waals surface area contributed by atoms with Gasteiger partial charge in [0.2, 0.25) is 5.88 Å². The average Bonchev–Trinajstić information content (AvgIpc) is 2.81. The van der Waals surface area contributed by atoms with Crippen LogP contribution in [0.4, 0.5) is 0 Å². The number of benzene rings is 1. The third-order valence-corrected chi connectivity index (χ3v) is 3.65. The SMILES string of the molecule is CCOc1ccc2[nH]c(-c3ccc(C)cc3Br)nc2n1. The zero-order chi connectivity index (χ0) is 14.1. The Labute approximate surface area is 125 Å². The lowest BCUT2D eigenvalue weighted by Crippen LogP contribution is -1.93. The molecule has 2 heterocycles. The minimum atomic E-state index is 0.597. The molecule has 4 nitrogen and oxygen atoms in total.